The molecule has 2 aromatic carbocycles. The van der Waals surface area contributed by atoms with Crippen molar-refractivity contribution in [2.45, 2.75) is 0 Å². The predicted octanol–water partition coefficient (Wildman–Crippen LogP) is 3.76. The monoisotopic (exact) mass is 299 g/mol. The number of carbonyl (C=O) groups is 1. The van der Waals surface area contributed by atoms with Crippen LogP contribution in [0, 0.1) is 23.0 Å². The maximum atomic E-state index is 13.4. The highest BCUT2D eigenvalue weighted by atomic mass is 19.1. The fraction of sp³-hybridized carbons (Fsp3) is 0.0588. The molecule has 0 aromatic heterocycles. The summed E-state index contributed by atoms with van der Waals surface area (Å²) < 4.78 is 31.5. The molecular weight excluding hydrogens is 288 g/mol. The number of rotatable bonds is 5. The lowest BCUT2D eigenvalue weighted by molar-refractivity contribution is 0.104. The third-order valence-corrected chi connectivity index (χ3v) is 2.81. The smallest absolute Gasteiger partial charge is 0.185 e. The lowest BCUT2D eigenvalue weighted by atomic mass is 10.1. The molecule has 3 nitrogen and oxygen atoms in total. The van der Waals surface area contributed by atoms with Gasteiger partial charge in [-0.1, -0.05) is 0 Å². The van der Waals surface area contributed by atoms with Crippen LogP contribution >= 0.6 is 0 Å². The standard InChI is InChI=1S/C17H11F2NO2/c18-14-4-7-16(19)13(11-14)3-8-17(21)12-1-5-15(6-2-12)22-10-9-20/h1-8,11H,10H2. The van der Waals surface area contributed by atoms with Crippen LogP contribution in [0.25, 0.3) is 6.08 Å². The normalized spacial score (nSPS) is 10.4. The van der Waals surface area contributed by atoms with E-state index in [2.05, 4.69) is 0 Å². The van der Waals surface area contributed by atoms with Gasteiger partial charge in [0, 0.05) is 11.1 Å². The SMILES string of the molecule is N#CCOc1ccc(C(=O)C=Cc2cc(F)ccc2F)cc1. The largest absolute Gasteiger partial charge is 0.479 e. The van der Waals surface area contributed by atoms with E-state index in [1.54, 1.807) is 12.1 Å². The van der Waals surface area contributed by atoms with E-state index in [1.165, 1.54) is 24.3 Å². The van der Waals surface area contributed by atoms with E-state index in [-0.39, 0.29) is 18.0 Å². The summed E-state index contributed by atoms with van der Waals surface area (Å²) in [6.07, 6.45) is 2.39. The molecule has 0 saturated heterocycles. The van der Waals surface area contributed by atoms with E-state index in [9.17, 15) is 13.6 Å². The van der Waals surface area contributed by atoms with Gasteiger partial charge < -0.3 is 4.74 Å². The average molecular weight is 299 g/mol. The number of hydrogen-bond donors (Lipinski definition) is 0. The van der Waals surface area contributed by atoms with Crippen LogP contribution in [0.1, 0.15) is 15.9 Å². The first-order valence-electron chi connectivity index (χ1n) is 6.37. The van der Waals surface area contributed by atoms with Gasteiger partial charge in [-0.25, -0.2) is 8.78 Å². The average Bonchev–Trinajstić information content (AvgIpc) is 2.54. The number of ketones is 1. The Kier molecular flexibility index (Phi) is 4.99. The fourth-order valence-corrected chi connectivity index (χ4v) is 1.74. The highest BCUT2D eigenvalue weighted by molar-refractivity contribution is 6.06. The molecule has 0 aliphatic carbocycles. The second kappa shape index (κ2) is 7.14. The topological polar surface area (TPSA) is 50.1 Å². The number of halogens is 2. The lowest BCUT2D eigenvalue weighted by Gasteiger charge is -2.02. The highest BCUT2D eigenvalue weighted by Crippen LogP contribution is 2.15. The minimum absolute atomic E-state index is 0.00215. The van der Waals surface area contributed by atoms with E-state index >= 15 is 0 Å². The van der Waals surface area contributed by atoms with Gasteiger partial charge in [0.2, 0.25) is 0 Å². The molecule has 0 radical (unpaired) electrons. The summed E-state index contributed by atoms with van der Waals surface area (Å²) in [5.74, 6) is -1.06. The van der Waals surface area contributed by atoms with Gasteiger partial charge in [0.15, 0.2) is 12.4 Å². The summed E-state index contributed by atoms with van der Waals surface area (Å²) in [5.41, 5.74) is 0.375. The summed E-state index contributed by atoms with van der Waals surface area (Å²) in [4.78, 5) is 11.9. The zero-order valence-corrected chi connectivity index (χ0v) is 11.4. The third kappa shape index (κ3) is 4.00. The molecule has 0 spiro atoms. The van der Waals surface area contributed by atoms with Crippen LogP contribution < -0.4 is 4.74 Å². The van der Waals surface area contributed by atoms with Gasteiger partial charge in [-0.15, -0.1) is 0 Å². The van der Waals surface area contributed by atoms with Crippen molar-refractivity contribution in [1.29, 1.82) is 5.26 Å². The Morgan fingerprint density at radius 1 is 1.18 bits per heavy atom. The maximum Gasteiger partial charge on any atom is 0.185 e. The number of allylic oxidation sites excluding steroid dienone is 1. The molecule has 0 heterocycles. The molecule has 0 N–H and O–H groups in total. The van der Waals surface area contributed by atoms with E-state index in [4.69, 9.17) is 10.00 Å². The molecule has 0 amide bonds. The summed E-state index contributed by atoms with van der Waals surface area (Å²) in [5, 5.41) is 8.39. The zero-order chi connectivity index (χ0) is 15.9. The molecule has 0 saturated carbocycles. The summed E-state index contributed by atoms with van der Waals surface area (Å²) in [6.45, 7) is -0.0773. The van der Waals surface area contributed by atoms with E-state index < -0.39 is 11.6 Å². The Bertz CT molecular complexity index is 746. The van der Waals surface area contributed by atoms with Gasteiger partial charge >= 0.3 is 0 Å². The first kappa shape index (κ1) is 15.4. The van der Waals surface area contributed by atoms with Crippen LogP contribution in [0.2, 0.25) is 0 Å². The summed E-state index contributed by atoms with van der Waals surface area (Å²) in [7, 11) is 0. The first-order chi connectivity index (χ1) is 10.6. The number of hydrogen-bond acceptors (Lipinski definition) is 3. The van der Waals surface area contributed by atoms with E-state index in [0.717, 1.165) is 18.2 Å². The Morgan fingerprint density at radius 2 is 1.91 bits per heavy atom. The number of carbonyl (C=O) groups excluding carboxylic acids is 1. The molecule has 0 fully saturated rings. The van der Waals surface area contributed by atoms with Gasteiger partial charge in [-0.3, -0.25) is 4.79 Å². The van der Waals surface area contributed by atoms with Gasteiger partial charge in [0.1, 0.15) is 23.5 Å². The number of ether oxygens (including phenoxy) is 1. The second-order valence-corrected chi connectivity index (χ2v) is 4.33. The first-order valence-corrected chi connectivity index (χ1v) is 6.37. The number of benzene rings is 2. The minimum atomic E-state index is -0.606. The van der Waals surface area contributed by atoms with E-state index in [0.29, 0.717) is 11.3 Å². The van der Waals surface area contributed by atoms with Crippen LogP contribution in [0.5, 0.6) is 5.75 Å². The Balaban J connectivity index is 2.10. The van der Waals surface area contributed by atoms with Crippen molar-refractivity contribution in [3.63, 3.8) is 0 Å². The molecule has 0 bridgehead atoms. The van der Waals surface area contributed by atoms with Crippen molar-refractivity contribution in [1.82, 2.24) is 0 Å². The molecule has 0 unspecified atom stereocenters. The van der Waals surface area contributed by atoms with Crippen molar-refractivity contribution in [2.75, 3.05) is 6.61 Å². The van der Waals surface area contributed by atoms with Crippen molar-refractivity contribution in [3.05, 3.63) is 71.3 Å². The molecule has 0 atom stereocenters. The van der Waals surface area contributed by atoms with Crippen LogP contribution in [-0.2, 0) is 0 Å². The lowest BCUT2D eigenvalue weighted by Crippen LogP contribution is -1.96. The van der Waals surface area contributed by atoms with Crippen LogP contribution in [-0.4, -0.2) is 12.4 Å². The quantitative estimate of drug-likeness (QED) is 0.624. The van der Waals surface area contributed by atoms with E-state index in [1.807, 2.05) is 6.07 Å². The number of nitriles is 1. The zero-order valence-electron chi connectivity index (χ0n) is 11.4. The van der Waals surface area contributed by atoms with Gasteiger partial charge in [-0.05, 0) is 54.6 Å². The van der Waals surface area contributed by atoms with Crippen LogP contribution in [0.15, 0.2) is 48.5 Å². The maximum absolute atomic E-state index is 13.4. The fourth-order valence-electron chi connectivity index (χ4n) is 1.74. The van der Waals surface area contributed by atoms with Gasteiger partial charge in [-0.2, -0.15) is 5.26 Å². The van der Waals surface area contributed by atoms with Crippen molar-refractivity contribution in [3.8, 4) is 11.8 Å². The van der Waals surface area contributed by atoms with Crippen molar-refractivity contribution in [2.24, 2.45) is 0 Å². The van der Waals surface area contributed by atoms with Crippen molar-refractivity contribution < 1.29 is 18.3 Å². The molecule has 110 valence electrons. The minimum Gasteiger partial charge on any atom is -0.479 e. The molecular formula is C17H11F2NO2. The van der Waals surface area contributed by atoms with Crippen molar-refractivity contribution >= 4 is 11.9 Å². The predicted molar refractivity (Wildman–Crippen MR) is 77.3 cm³/mol. The Labute approximate surface area is 126 Å². The molecule has 2 rings (SSSR count). The van der Waals surface area contributed by atoms with Gasteiger partial charge in [0.25, 0.3) is 0 Å². The molecule has 2 aromatic rings. The Morgan fingerprint density at radius 3 is 2.59 bits per heavy atom. The third-order valence-electron chi connectivity index (χ3n) is 2.81. The number of nitrogens with zero attached hydrogens (tertiary/aromatic N) is 1. The molecule has 0 aliphatic rings. The molecule has 22 heavy (non-hydrogen) atoms. The highest BCUT2D eigenvalue weighted by Gasteiger charge is 2.04. The van der Waals surface area contributed by atoms with Crippen LogP contribution in [0.3, 0.4) is 0 Å². The van der Waals surface area contributed by atoms with Gasteiger partial charge in [0.05, 0.1) is 0 Å². The summed E-state index contributed by atoms with van der Waals surface area (Å²) >= 11 is 0. The summed E-state index contributed by atoms with van der Waals surface area (Å²) in [6, 6.07) is 11.0. The van der Waals surface area contributed by atoms with Crippen LogP contribution in [0.4, 0.5) is 8.78 Å². The molecule has 0 aliphatic heterocycles. The second-order valence-electron chi connectivity index (χ2n) is 4.33. The molecule has 5 heteroatoms. The Hall–Kier alpha value is -3.00.